The molecule has 3 heteroatoms. The lowest BCUT2D eigenvalue weighted by atomic mass is 9.80. The molecule has 0 aliphatic heterocycles. The Hall–Kier alpha value is -1.77. The average molecular weight is 242 g/mol. The summed E-state index contributed by atoms with van der Waals surface area (Å²) in [7, 11) is 1.91. The van der Waals surface area contributed by atoms with Crippen molar-refractivity contribution >= 4 is 5.69 Å². The topological polar surface area (TPSA) is 38.1 Å². The van der Waals surface area contributed by atoms with Gasteiger partial charge in [-0.25, -0.2) is 0 Å². The fraction of sp³-hybridized carbons (Fsp3) is 0.400. The average Bonchev–Trinajstić information content (AvgIpc) is 2.86. The van der Waals surface area contributed by atoms with Crippen molar-refractivity contribution in [1.29, 1.82) is 0 Å². The maximum Gasteiger partial charge on any atom is 0.147 e. The van der Waals surface area contributed by atoms with Crippen molar-refractivity contribution in [2.45, 2.75) is 32.1 Å². The van der Waals surface area contributed by atoms with Gasteiger partial charge in [-0.1, -0.05) is 28.9 Å². The van der Waals surface area contributed by atoms with Gasteiger partial charge < -0.3 is 9.84 Å². The molecule has 1 heterocycles. The van der Waals surface area contributed by atoms with Crippen LogP contribution < -0.4 is 5.32 Å². The molecule has 0 saturated heterocycles. The summed E-state index contributed by atoms with van der Waals surface area (Å²) >= 11 is 0. The van der Waals surface area contributed by atoms with E-state index >= 15 is 0 Å². The van der Waals surface area contributed by atoms with Gasteiger partial charge in [-0.15, -0.1) is 0 Å². The Morgan fingerprint density at radius 3 is 3.11 bits per heavy atom. The smallest absolute Gasteiger partial charge is 0.147 e. The number of anilines is 1. The van der Waals surface area contributed by atoms with E-state index in [-0.39, 0.29) is 0 Å². The van der Waals surface area contributed by atoms with Crippen LogP contribution in [0.5, 0.6) is 0 Å². The highest BCUT2D eigenvalue weighted by molar-refractivity contribution is 5.51. The fourth-order valence-electron chi connectivity index (χ4n) is 2.89. The molecule has 0 fully saturated rings. The predicted molar refractivity (Wildman–Crippen MR) is 72.0 cm³/mol. The molecule has 0 bridgehead atoms. The van der Waals surface area contributed by atoms with Gasteiger partial charge >= 0.3 is 0 Å². The zero-order valence-corrected chi connectivity index (χ0v) is 10.9. The molecule has 2 aromatic rings. The van der Waals surface area contributed by atoms with E-state index in [1.165, 1.54) is 29.5 Å². The van der Waals surface area contributed by atoms with Gasteiger partial charge in [-0.05, 0) is 37.3 Å². The molecule has 0 amide bonds. The Morgan fingerprint density at radius 1 is 1.39 bits per heavy atom. The van der Waals surface area contributed by atoms with E-state index in [2.05, 4.69) is 35.6 Å². The second kappa shape index (κ2) is 4.48. The Balaban J connectivity index is 2.08. The summed E-state index contributed by atoms with van der Waals surface area (Å²) < 4.78 is 5.12. The first kappa shape index (κ1) is 11.3. The van der Waals surface area contributed by atoms with Crippen molar-refractivity contribution in [3.63, 3.8) is 0 Å². The van der Waals surface area contributed by atoms with Crippen LogP contribution in [0.2, 0.25) is 0 Å². The Kier molecular flexibility index (Phi) is 2.82. The highest BCUT2D eigenvalue weighted by atomic mass is 16.5. The first-order valence-corrected chi connectivity index (χ1v) is 6.51. The van der Waals surface area contributed by atoms with Crippen LogP contribution >= 0.6 is 0 Å². The zero-order valence-electron chi connectivity index (χ0n) is 10.9. The summed E-state index contributed by atoms with van der Waals surface area (Å²) in [6, 6.07) is 6.76. The molecule has 3 nitrogen and oxygen atoms in total. The molecule has 3 rings (SSSR count). The molecule has 94 valence electrons. The van der Waals surface area contributed by atoms with Crippen LogP contribution in [0.4, 0.5) is 5.69 Å². The molecule has 18 heavy (non-hydrogen) atoms. The molecule has 1 atom stereocenters. The molecule has 1 aromatic heterocycles. The number of fused-ring (bicyclic) bond motifs is 1. The number of rotatable bonds is 2. The first-order chi connectivity index (χ1) is 8.79. The summed E-state index contributed by atoms with van der Waals surface area (Å²) in [6.07, 6.45) is 5.24. The van der Waals surface area contributed by atoms with Gasteiger partial charge in [0.15, 0.2) is 0 Å². The molecule has 1 aromatic carbocycles. The summed E-state index contributed by atoms with van der Waals surface area (Å²) in [5, 5.41) is 7.36. The van der Waals surface area contributed by atoms with Gasteiger partial charge in [0.1, 0.15) is 12.0 Å². The minimum absolute atomic E-state index is 0.370. The van der Waals surface area contributed by atoms with Gasteiger partial charge in [0.05, 0.1) is 5.69 Å². The van der Waals surface area contributed by atoms with E-state index in [4.69, 9.17) is 4.52 Å². The minimum atomic E-state index is 0.370. The van der Waals surface area contributed by atoms with Crippen LogP contribution in [-0.2, 0) is 6.42 Å². The maximum absolute atomic E-state index is 5.12. The number of hydrogen-bond donors (Lipinski definition) is 1. The number of aryl methyl sites for hydroxylation is 2. The number of nitrogens with zero attached hydrogens (tertiary/aromatic N) is 1. The third-order valence-corrected chi connectivity index (χ3v) is 3.81. The largest absolute Gasteiger partial charge is 0.384 e. The second-order valence-electron chi connectivity index (χ2n) is 5.01. The number of aromatic nitrogens is 1. The molecule has 1 unspecified atom stereocenters. The Labute approximate surface area is 107 Å². The van der Waals surface area contributed by atoms with Gasteiger partial charge in [0.2, 0.25) is 0 Å². The van der Waals surface area contributed by atoms with Gasteiger partial charge in [0.25, 0.3) is 0 Å². The SMILES string of the molecule is CNc1conc1C1CCCc2ccc(C)cc21. The third-order valence-electron chi connectivity index (χ3n) is 3.81. The minimum Gasteiger partial charge on any atom is -0.384 e. The van der Waals surface area contributed by atoms with Crippen molar-refractivity contribution in [1.82, 2.24) is 5.16 Å². The van der Waals surface area contributed by atoms with Crippen molar-refractivity contribution < 1.29 is 4.52 Å². The van der Waals surface area contributed by atoms with Gasteiger partial charge in [0, 0.05) is 13.0 Å². The second-order valence-corrected chi connectivity index (χ2v) is 5.01. The zero-order chi connectivity index (χ0) is 12.5. The summed E-state index contributed by atoms with van der Waals surface area (Å²) in [5.74, 6) is 0.370. The quantitative estimate of drug-likeness (QED) is 0.876. The standard InChI is InChI=1S/C15H18N2O/c1-10-6-7-11-4-3-5-12(13(11)8-10)15-14(16-2)9-18-17-15/h6-9,12,16H,3-5H2,1-2H3. The van der Waals surface area contributed by atoms with Crippen LogP contribution in [0.1, 0.15) is 41.1 Å². The van der Waals surface area contributed by atoms with Crippen molar-refractivity contribution in [3.05, 3.63) is 46.8 Å². The Bertz CT molecular complexity index is 559. The van der Waals surface area contributed by atoms with Gasteiger partial charge in [-0.2, -0.15) is 0 Å². The number of nitrogens with one attached hydrogen (secondary N) is 1. The highest BCUT2D eigenvalue weighted by Gasteiger charge is 2.26. The van der Waals surface area contributed by atoms with Crippen LogP contribution in [0.3, 0.4) is 0 Å². The molecule has 1 N–H and O–H groups in total. The van der Waals surface area contributed by atoms with Crippen LogP contribution in [0.15, 0.2) is 29.0 Å². The molecular weight excluding hydrogens is 224 g/mol. The lowest BCUT2D eigenvalue weighted by Gasteiger charge is -2.25. The molecule has 1 aliphatic carbocycles. The fourth-order valence-corrected chi connectivity index (χ4v) is 2.89. The van der Waals surface area contributed by atoms with E-state index < -0.39 is 0 Å². The van der Waals surface area contributed by atoms with E-state index in [1.54, 1.807) is 6.26 Å². The molecule has 0 spiro atoms. The lowest BCUT2D eigenvalue weighted by Crippen LogP contribution is -2.12. The summed E-state index contributed by atoms with van der Waals surface area (Å²) in [5.41, 5.74) is 6.25. The molecule has 0 radical (unpaired) electrons. The van der Waals surface area contributed by atoms with E-state index in [1.807, 2.05) is 7.05 Å². The van der Waals surface area contributed by atoms with Crippen LogP contribution in [0, 0.1) is 6.92 Å². The van der Waals surface area contributed by atoms with Gasteiger partial charge in [-0.3, -0.25) is 0 Å². The van der Waals surface area contributed by atoms with Crippen LogP contribution in [-0.4, -0.2) is 12.2 Å². The summed E-state index contributed by atoms with van der Waals surface area (Å²) in [6.45, 7) is 2.15. The third kappa shape index (κ3) is 1.80. The van der Waals surface area contributed by atoms with E-state index in [9.17, 15) is 0 Å². The van der Waals surface area contributed by atoms with Crippen LogP contribution in [0.25, 0.3) is 0 Å². The first-order valence-electron chi connectivity index (χ1n) is 6.51. The molecule has 1 aliphatic rings. The number of hydrogen-bond acceptors (Lipinski definition) is 3. The monoisotopic (exact) mass is 242 g/mol. The highest BCUT2D eigenvalue weighted by Crippen LogP contribution is 2.39. The molecular formula is C15H18N2O. The van der Waals surface area contributed by atoms with Crippen molar-refractivity contribution in [3.8, 4) is 0 Å². The van der Waals surface area contributed by atoms with E-state index in [0.717, 1.165) is 17.8 Å². The molecule has 0 saturated carbocycles. The van der Waals surface area contributed by atoms with Crippen molar-refractivity contribution in [2.75, 3.05) is 12.4 Å². The predicted octanol–water partition coefficient (Wildman–Crippen LogP) is 3.49. The van der Waals surface area contributed by atoms with E-state index in [0.29, 0.717) is 5.92 Å². The summed E-state index contributed by atoms with van der Waals surface area (Å²) in [4.78, 5) is 0. The Morgan fingerprint density at radius 2 is 2.28 bits per heavy atom. The van der Waals surface area contributed by atoms with Crippen molar-refractivity contribution in [2.24, 2.45) is 0 Å². The number of benzene rings is 1. The lowest BCUT2D eigenvalue weighted by molar-refractivity contribution is 0.404. The normalized spacial score (nSPS) is 18.4. The maximum atomic E-state index is 5.12.